The third kappa shape index (κ3) is 3.90. The van der Waals surface area contributed by atoms with Crippen LogP contribution in [0.4, 0.5) is 5.69 Å². The van der Waals surface area contributed by atoms with Gasteiger partial charge in [-0.05, 0) is 30.2 Å². The molecule has 23 heavy (non-hydrogen) atoms. The third-order valence-electron chi connectivity index (χ3n) is 3.60. The van der Waals surface area contributed by atoms with Crippen LogP contribution in [-0.2, 0) is 11.2 Å². The van der Waals surface area contributed by atoms with Crippen LogP contribution in [0.1, 0.15) is 12.5 Å². The fraction of sp³-hybridized carbons (Fsp3) is 0.158. The standard InChI is InChI=1S/C19H18N2OS/c1-2-14-7-3-5-9-16(14)20-18(22)13-23-19-12-11-15-8-4-6-10-17(15)21-19/h3-12H,2,13H2,1H3,(H,20,22). The molecule has 2 aromatic carbocycles. The molecule has 0 aliphatic heterocycles. The lowest BCUT2D eigenvalue weighted by atomic mass is 10.1. The van der Waals surface area contributed by atoms with Gasteiger partial charge in [0.2, 0.25) is 5.91 Å². The molecule has 1 N–H and O–H groups in total. The summed E-state index contributed by atoms with van der Waals surface area (Å²) in [7, 11) is 0. The first kappa shape index (κ1) is 15.6. The van der Waals surface area contributed by atoms with Gasteiger partial charge in [0.05, 0.1) is 16.3 Å². The zero-order valence-corrected chi connectivity index (χ0v) is 13.8. The number of fused-ring (bicyclic) bond motifs is 1. The Kier molecular flexibility index (Phi) is 4.93. The lowest BCUT2D eigenvalue weighted by molar-refractivity contribution is -0.113. The first-order chi connectivity index (χ1) is 11.3. The van der Waals surface area contributed by atoms with Crippen LogP contribution < -0.4 is 5.32 Å². The highest BCUT2D eigenvalue weighted by Crippen LogP contribution is 2.21. The largest absolute Gasteiger partial charge is 0.325 e. The maximum absolute atomic E-state index is 12.2. The molecule has 0 radical (unpaired) electrons. The number of aromatic nitrogens is 1. The lowest BCUT2D eigenvalue weighted by Gasteiger charge is -2.09. The number of nitrogens with one attached hydrogen (secondary N) is 1. The normalized spacial score (nSPS) is 10.7. The van der Waals surface area contributed by atoms with Crippen molar-refractivity contribution in [3.63, 3.8) is 0 Å². The molecular formula is C19H18N2OS. The molecule has 3 aromatic rings. The van der Waals surface area contributed by atoms with E-state index in [-0.39, 0.29) is 5.91 Å². The molecule has 1 amide bonds. The summed E-state index contributed by atoms with van der Waals surface area (Å²) in [5, 5.41) is 4.95. The number of carbonyl (C=O) groups is 1. The summed E-state index contributed by atoms with van der Waals surface area (Å²) in [6, 6.07) is 19.9. The number of pyridine rings is 1. The van der Waals surface area contributed by atoms with Crippen LogP contribution in [0.15, 0.2) is 65.7 Å². The van der Waals surface area contributed by atoms with Crippen molar-refractivity contribution >= 4 is 34.3 Å². The van der Waals surface area contributed by atoms with Crippen molar-refractivity contribution in [2.45, 2.75) is 18.4 Å². The van der Waals surface area contributed by atoms with Crippen LogP contribution in [0.2, 0.25) is 0 Å². The van der Waals surface area contributed by atoms with Crippen molar-refractivity contribution in [3.8, 4) is 0 Å². The minimum atomic E-state index is -0.00846. The molecular weight excluding hydrogens is 304 g/mol. The van der Waals surface area contributed by atoms with Crippen molar-refractivity contribution in [2.75, 3.05) is 11.1 Å². The van der Waals surface area contributed by atoms with E-state index >= 15 is 0 Å². The zero-order chi connectivity index (χ0) is 16.1. The van der Waals surface area contributed by atoms with E-state index in [2.05, 4.69) is 17.2 Å². The fourth-order valence-corrected chi connectivity index (χ4v) is 3.08. The first-order valence-corrected chi connectivity index (χ1v) is 8.61. The minimum Gasteiger partial charge on any atom is -0.325 e. The van der Waals surface area contributed by atoms with Crippen LogP contribution in [0.5, 0.6) is 0 Å². The van der Waals surface area contributed by atoms with Crippen molar-refractivity contribution in [2.24, 2.45) is 0 Å². The monoisotopic (exact) mass is 322 g/mol. The Morgan fingerprint density at radius 2 is 1.83 bits per heavy atom. The van der Waals surface area contributed by atoms with Gasteiger partial charge in [-0.1, -0.05) is 61.2 Å². The molecule has 0 fully saturated rings. The first-order valence-electron chi connectivity index (χ1n) is 7.62. The number of benzene rings is 2. The van der Waals surface area contributed by atoms with Gasteiger partial charge < -0.3 is 5.32 Å². The molecule has 0 bridgehead atoms. The van der Waals surface area contributed by atoms with Crippen LogP contribution in [0, 0.1) is 0 Å². The molecule has 0 saturated carbocycles. The third-order valence-corrected chi connectivity index (χ3v) is 4.53. The van der Waals surface area contributed by atoms with Crippen LogP contribution in [0.25, 0.3) is 10.9 Å². The zero-order valence-electron chi connectivity index (χ0n) is 13.0. The lowest BCUT2D eigenvalue weighted by Crippen LogP contribution is -2.15. The van der Waals surface area contributed by atoms with Crippen LogP contribution in [-0.4, -0.2) is 16.6 Å². The van der Waals surface area contributed by atoms with E-state index in [0.29, 0.717) is 5.75 Å². The quantitative estimate of drug-likeness (QED) is 0.702. The number of hydrogen-bond donors (Lipinski definition) is 1. The Balaban J connectivity index is 1.63. The Morgan fingerprint density at radius 3 is 2.70 bits per heavy atom. The molecule has 116 valence electrons. The molecule has 0 saturated heterocycles. The maximum atomic E-state index is 12.2. The minimum absolute atomic E-state index is 0.00846. The molecule has 0 spiro atoms. The number of thioether (sulfide) groups is 1. The maximum Gasteiger partial charge on any atom is 0.234 e. The second-order valence-electron chi connectivity index (χ2n) is 5.19. The predicted octanol–water partition coefficient (Wildman–Crippen LogP) is 4.53. The van der Waals surface area contributed by atoms with E-state index in [0.717, 1.165) is 33.6 Å². The van der Waals surface area contributed by atoms with Gasteiger partial charge in [-0.25, -0.2) is 4.98 Å². The average Bonchev–Trinajstić information content (AvgIpc) is 2.60. The summed E-state index contributed by atoms with van der Waals surface area (Å²) in [6.45, 7) is 2.08. The highest BCUT2D eigenvalue weighted by atomic mass is 32.2. The van der Waals surface area contributed by atoms with E-state index in [9.17, 15) is 4.79 Å². The van der Waals surface area contributed by atoms with Gasteiger partial charge in [0.25, 0.3) is 0 Å². The van der Waals surface area contributed by atoms with Crippen molar-refractivity contribution in [3.05, 3.63) is 66.2 Å². The predicted molar refractivity (Wildman–Crippen MR) is 96.9 cm³/mol. The number of nitrogens with zero attached hydrogens (tertiary/aromatic N) is 1. The molecule has 3 nitrogen and oxygen atoms in total. The number of anilines is 1. The summed E-state index contributed by atoms with van der Waals surface area (Å²) in [4.78, 5) is 16.7. The van der Waals surface area contributed by atoms with Gasteiger partial charge in [0.1, 0.15) is 0 Å². The molecule has 0 aliphatic rings. The van der Waals surface area contributed by atoms with Gasteiger partial charge in [-0.15, -0.1) is 0 Å². The second kappa shape index (κ2) is 7.29. The molecule has 1 heterocycles. The Morgan fingerprint density at radius 1 is 1.04 bits per heavy atom. The van der Waals surface area contributed by atoms with Gasteiger partial charge in [-0.2, -0.15) is 0 Å². The number of hydrogen-bond acceptors (Lipinski definition) is 3. The van der Waals surface area contributed by atoms with E-state index in [1.165, 1.54) is 11.8 Å². The SMILES string of the molecule is CCc1ccccc1NC(=O)CSc1ccc2ccccc2n1. The van der Waals surface area contributed by atoms with Crippen molar-refractivity contribution in [1.29, 1.82) is 0 Å². The number of rotatable bonds is 5. The van der Waals surface area contributed by atoms with Gasteiger partial charge in [0, 0.05) is 11.1 Å². The van der Waals surface area contributed by atoms with Crippen LogP contribution >= 0.6 is 11.8 Å². The second-order valence-corrected chi connectivity index (χ2v) is 6.19. The number of carbonyl (C=O) groups excluding carboxylic acids is 1. The highest BCUT2D eigenvalue weighted by molar-refractivity contribution is 7.99. The Hall–Kier alpha value is -2.33. The van der Waals surface area contributed by atoms with Gasteiger partial charge in [-0.3, -0.25) is 4.79 Å². The highest BCUT2D eigenvalue weighted by Gasteiger charge is 2.07. The van der Waals surface area contributed by atoms with E-state index in [1.807, 2.05) is 60.7 Å². The Bertz CT molecular complexity index is 832. The van der Waals surface area contributed by atoms with Gasteiger partial charge >= 0.3 is 0 Å². The van der Waals surface area contributed by atoms with E-state index in [1.54, 1.807) is 0 Å². The summed E-state index contributed by atoms with van der Waals surface area (Å²) in [5.74, 6) is 0.342. The molecule has 0 atom stereocenters. The summed E-state index contributed by atoms with van der Waals surface area (Å²) in [5.41, 5.74) is 3.00. The van der Waals surface area contributed by atoms with Crippen LogP contribution in [0.3, 0.4) is 0 Å². The number of amides is 1. The van der Waals surface area contributed by atoms with Crippen molar-refractivity contribution < 1.29 is 4.79 Å². The summed E-state index contributed by atoms with van der Waals surface area (Å²) >= 11 is 1.45. The number of para-hydroxylation sites is 2. The molecule has 0 aliphatic carbocycles. The molecule has 4 heteroatoms. The molecule has 3 rings (SSSR count). The van der Waals surface area contributed by atoms with E-state index < -0.39 is 0 Å². The van der Waals surface area contributed by atoms with Crippen molar-refractivity contribution in [1.82, 2.24) is 4.98 Å². The average molecular weight is 322 g/mol. The van der Waals surface area contributed by atoms with E-state index in [4.69, 9.17) is 0 Å². The summed E-state index contributed by atoms with van der Waals surface area (Å²) in [6.07, 6.45) is 0.899. The summed E-state index contributed by atoms with van der Waals surface area (Å²) < 4.78 is 0. The molecule has 0 unspecified atom stereocenters. The topological polar surface area (TPSA) is 42.0 Å². The Labute approximate surface area is 140 Å². The number of aryl methyl sites for hydroxylation is 1. The smallest absolute Gasteiger partial charge is 0.234 e. The van der Waals surface area contributed by atoms with Gasteiger partial charge in [0.15, 0.2) is 0 Å². The molecule has 1 aromatic heterocycles. The fourth-order valence-electron chi connectivity index (χ4n) is 2.40.